The molecule has 0 atom stereocenters. The summed E-state index contributed by atoms with van der Waals surface area (Å²) in [5, 5.41) is 0. The number of allylic oxidation sites excluding steroid dienone is 1. The van der Waals surface area contributed by atoms with Crippen molar-refractivity contribution < 1.29 is 4.39 Å². The minimum absolute atomic E-state index is 0.138. The summed E-state index contributed by atoms with van der Waals surface area (Å²) in [5.41, 5.74) is 12.4. The molecule has 0 aliphatic heterocycles. The van der Waals surface area contributed by atoms with Gasteiger partial charge in [-0.15, -0.1) is 0 Å². The average Bonchev–Trinajstić information content (AvgIpc) is 2.23. The van der Waals surface area contributed by atoms with Gasteiger partial charge in [-0.05, 0) is 32.0 Å². The summed E-state index contributed by atoms with van der Waals surface area (Å²) < 4.78 is 13.5. The highest BCUT2D eigenvalue weighted by Gasteiger charge is 2.06. The standard InChI is InChI=1S/C12H16FN3/c1-8(2)16-7-9(6-14)11-5-10(15)3-4-12(11)13/h3-8H,14-15H2,1-2H3/b9-6+,16-7?. The van der Waals surface area contributed by atoms with Crippen LogP contribution in [-0.2, 0) is 0 Å². The Hall–Kier alpha value is -1.84. The third-order valence-electron chi connectivity index (χ3n) is 1.99. The van der Waals surface area contributed by atoms with E-state index in [4.69, 9.17) is 11.5 Å². The molecule has 86 valence electrons. The lowest BCUT2D eigenvalue weighted by Crippen LogP contribution is -1.99. The first-order valence-electron chi connectivity index (χ1n) is 5.05. The van der Waals surface area contributed by atoms with Gasteiger partial charge in [-0.3, -0.25) is 4.99 Å². The number of anilines is 1. The smallest absolute Gasteiger partial charge is 0.131 e. The van der Waals surface area contributed by atoms with Gasteiger partial charge in [0.15, 0.2) is 0 Å². The van der Waals surface area contributed by atoms with Crippen LogP contribution in [0.25, 0.3) is 5.57 Å². The second-order valence-corrected chi connectivity index (χ2v) is 3.73. The Morgan fingerprint density at radius 2 is 2.12 bits per heavy atom. The fourth-order valence-electron chi connectivity index (χ4n) is 1.20. The van der Waals surface area contributed by atoms with Gasteiger partial charge in [0.2, 0.25) is 0 Å². The fraction of sp³-hybridized carbons (Fsp3) is 0.250. The first-order chi connectivity index (χ1) is 7.54. The van der Waals surface area contributed by atoms with Crippen LogP contribution in [0.1, 0.15) is 19.4 Å². The number of aliphatic imine (C=N–C) groups is 1. The van der Waals surface area contributed by atoms with E-state index in [2.05, 4.69) is 4.99 Å². The number of hydrogen-bond donors (Lipinski definition) is 2. The number of halogens is 1. The highest BCUT2D eigenvalue weighted by Crippen LogP contribution is 2.19. The molecule has 0 aliphatic carbocycles. The van der Waals surface area contributed by atoms with E-state index >= 15 is 0 Å². The summed E-state index contributed by atoms with van der Waals surface area (Å²) in [6, 6.07) is 4.50. The van der Waals surface area contributed by atoms with Crippen molar-refractivity contribution in [1.82, 2.24) is 0 Å². The third-order valence-corrected chi connectivity index (χ3v) is 1.99. The monoisotopic (exact) mass is 221 g/mol. The van der Waals surface area contributed by atoms with Crippen molar-refractivity contribution in [3.8, 4) is 0 Å². The molecular formula is C12H16FN3. The number of nitrogens with two attached hydrogens (primary N) is 2. The predicted molar refractivity (Wildman–Crippen MR) is 66.6 cm³/mol. The average molecular weight is 221 g/mol. The molecule has 0 bridgehead atoms. The number of hydrogen-bond acceptors (Lipinski definition) is 3. The quantitative estimate of drug-likeness (QED) is 0.607. The molecule has 0 saturated heterocycles. The maximum atomic E-state index is 13.5. The molecule has 0 amide bonds. The molecule has 4 N–H and O–H groups in total. The van der Waals surface area contributed by atoms with Crippen molar-refractivity contribution in [2.24, 2.45) is 10.7 Å². The molecule has 0 radical (unpaired) electrons. The number of benzene rings is 1. The Morgan fingerprint density at radius 1 is 1.44 bits per heavy atom. The molecule has 4 heteroatoms. The Labute approximate surface area is 94.7 Å². The second-order valence-electron chi connectivity index (χ2n) is 3.73. The summed E-state index contributed by atoms with van der Waals surface area (Å²) in [6.45, 7) is 3.86. The van der Waals surface area contributed by atoms with Gasteiger partial charge in [0.05, 0.1) is 0 Å². The van der Waals surface area contributed by atoms with Gasteiger partial charge in [0.25, 0.3) is 0 Å². The summed E-state index contributed by atoms with van der Waals surface area (Å²) >= 11 is 0. The van der Waals surface area contributed by atoms with Gasteiger partial charge in [-0.2, -0.15) is 0 Å². The first-order valence-corrected chi connectivity index (χ1v) is 5.05. The number of nitrogen functional groups attached to an aromatic ring is 1. The van der Waals surface area contributed by atoms with Gasteiger partial charge >= 0.3 is 0 Å². The van der Waals surface area contributed by atoms with Crippen molar-refractivity contribution in [1.29, 1.82) is 0 Å². The molecular weight excluding hydrogens is 205 g/mol. The highest BCUT2D eigenvalue weighted by molar-refractivity contribution is 6.10. The van der Waals surface area contributed by atoms with Crippen LogP contribution in [-0.4, -0.2) is 12.3 Å². The van der Waals surface area contributed by atoms with E-state index in [1.165, 1.54) is 18.3 Å². The molecule has 0 aliphatic rings. The largest absolute Gasteiger partial charge is 0.404 e. The highest BCUT2D eigenvalue weighted by atomic mass is 19.1. The molecule has 16 heavy (non-hydrogen) atoms. The molecule has 0 spiro atoms. The second kappa shape index (κ2) is 5.30. The van der Waals surface area contributed by atoms with E-state index in [1.807, 2.05) is 13.8 Å². The Morgan fingerprint density at radius 3 is 2.69 bits per heavy atom. The van der Waals surface area contributed by atoms with Crippen LogP contribution in [0.15, 0.2) is 29.4 Å². The van der Waals surface area contributed by atoms with Crippen LogP contribution < -0.4 is 11.5 Å². The molecule has 1 aromatic rings. The molecule has 0 heterocycles. The van der Waals surface area contributed by atoms with Crippen molar-refractivity contribution >= 4 is 17.5 Å². The minimum Gasteiger partial charge on any atom is -0.404 e. The summed E-state index contributed by atoms with van der Waals surface area (Å²) in [6.07, 6.45) is 2.88. The van der Waals surface area contributed by atoms with Crippen molar-refractivity contribution in [2.75, 3.05) is 5.73 Å². The van der Waals surface area contributed by atoms with E-state index in [9.17, 15) is 4.39 Å². The topological polar surface area (TPSA) is 64.4 Å². The van der Waals surface area contributed by atoms with Crippen LogP contribution in [0.5, 0.6) is 0 Å². The van der Waals surface area contributed by atoms with Crippen LogP contribution in [0, 0.1) is 5.82 Å². The maximum Gasteiger partial charge on any atom is 0.131 e. The van der Waals surface area contributed by atoms with E-state index in [-0.39, 0.29) is 11.9 Å². The van der Waals surface area contributed by atoms with Crippen LogP contribution in [0.4, 0.5) is 10.1 Å². The molecule has 0 unspecified atom stereocenters. The lowest BCUT2D eigenvalue weighted by atomic mass is 10.1. The van der Waals surface area contributed by atoms with E-state index in [0.29, 0.717) is 16.8 Å². The van der Waals surface area contributed by atoms with Crippen molar-refractivity contribution in [2.45, 2.75) is 19.9 Å². The number of rotatable bonds is 3. The molecule has 0 fully saturated rings. The summed E-state index contributed by atoms with van der Waals surface area (Å²) in [5.74, 6) is -0.360. The van der Waals surface area contributed by atoms with E-state index in [0.717, 1.165) is 0 Å². The first kappa shape index (κ1) is 12.2. The maximum absolute atomic E-state index is 13.5. The lowest BCUT2D eigenvalue weighted by molar-refractivity contribution is 0.625. The zero-order valence-corrected chi connectivity index (χ0v) is 9.44. The zero-order valence-electron chi connectivity index (χ0n) is 9.44. The van der Waals surface area contributed by atoms with Gasteiger partial charge < -0.3 is 11.5 Å². The third kappa shape index (κ3) is 3.08. The Bertz CT molecular complexity index is 422. The fourth-order valence-corrected chi connectivity index (χ4v) is 1.20. The Balaban J connectivity index is 3.10. The molecule has 0 aromatic heterocycles. The van der Waals surface area contributed by atoms with Gasteiger partial charge in [0, 0.05) is 35.3 Å². The normalized spacial score (nSPS) is 12.6. The lowest BCUT2D eigenvalue weighted by Gasteiger charge is -2.05. The van der Waals surface area contributed by atoms with Crippen LogP contribution >= 0.6 is 0 Å². The summed E-state index contributed by atoms with van der Waals surface area (Å²) in [7, 11) is 0. The van der Waals surface area contributed by atoms with Gasteiger partial charge in [0.1, 0.15) is 5.82 Å². The summed E-state index contributed by atoms with van der Waals surface area (Å²) in [4.78, 5) is 4.16. The van der Waals surface area contributed by atoms with Crippen LogP contribution in [0.2, 0.25) is 0 Å². The Kier molecular flexibility index (Phi) is 4.05. The van der Waals surface area contributed by atoms with Gasteiger partial charge in [-0.1, -0.05) is 0 Å². The molecule has 1 rings (SSSR count). The zero-order chi connectivity index (χ0) is 12.1. The molecule has 1 aromatic carbocycles. The SMILES string of the molecule is CC(C)N=C/C(=C\N)c1cc(N)ccc1F. The molecule has 0 saturated carbocycles. The van der Waals surface area contributed by atoms with Crippen molar-refractivity contribution in [3.05, 3.63) is 35.8 Å². The number of nitrogens with zero attached hydrogens (tertiary/aromatic N) is 1. The van der Waals surface area contributed by atoms with E-state index < -0.39 is 0 Å². The minimum atomic E-state index is -0.360. The van der Waals surface area contributed by atoms with Crippen molar-refractivity contribution in [3.63, 3.8) is 0 Å². The van der Waals surface area contributed by atoms with Gasteiger partial charge in [-0.25, -0.2) is 4.39 Å². The molecule has 3 nitrogen and oxygen atoms in total. The predicted octanol–water partition coefficient (Wildman–Crippen LogP) is 2.19. The van der Waals surface area contributed by atoms with Crippen LogP contribution in [0.3, 0.4) is 0 Å². The van der Waals surface area contributed by atoms with E-state index in [1.54, 1.807) is 12.3 Å².